The molecule has 2 aliphatic rings. The van der Waals surface area contributed by atoms with Gasteiger partial charge in [-0.15, -0.1) is 13.2 Å². The maximum atomic E-state index is 12.2. The molecule has 0 saturated carbocycles. The summed E-state index contributed by atoms with van der Waals surface area (Å²) >= 11 is 0. The summed E-state index contributed by atoms with van der Waals surface area (Å²) in [6.07, 6.45) is -1.59. The third-order valence-electron chi connectivity index (χ3n) is 4.97. The summed E-state index contributed by atoms with van der Waals surface area (Å²) in [5.74, 6) is -0.196. The first-order valence-electron chi connectivity index (χ1n) is 8.86. The number of carbonyl (C=O) groups excluding carboxylic acids is 1. The molecular formula is C18H23F3N2O3. The minimum atomic E-state index is -4.73. The van der Waals surface area contributed by atoms with Crippen LogP contribution in [-0.2, 0) is 4.74 Å². The van der Waals surface area contributed by atoms with E-state index in [0.717, 1.165) is 57.7 Å². The summed E-state index contributed by atoms with van der Waals surface area (Å²) in [6.45, 7) is 4.26. The van der Waals surface area contributed by atoms with Gasteiger partial charge in [-0.1, -0.05) is 0 Å². The van der Waals surface area contributed by atoms with E-state index in [1.165, 1.54) is 12.1 Å². The molecule has 1 amide bonds. The van der Waals surface area contributed by atoms with Crippen LogP contribution >= 0.6 is 0 Å². The van der Waals surface area contributed by atoms with Gasteiger partial charge in [0.15, 0.2) is 0 Å². The van der Waals surface area contributed by atoms with Gasteiger partial charge in [0, 0.05) is 24.8 Å². The summed E-state index contributed by atoms with van der Waals surface area (Å²) in [5.41, 5.74) is 0.320. The number of halogens is 3. The Kier molecular flexibility index (Phi) is 6.03. The number of likely N-dealkylation sites (tertiary alicyclic amines) is 1. The summed E-state index contributed by atoms with van der Waals surface area (Å²) in [6, 6.07) is 5.48. The van der Waals surface area contributed by atoms with Crippen LogP contribution in [-0.4, -0.2) is 56.1 Å². The highest BCUT2D eigenvalue weighted by Crippen LogP contribution is 2.23. The van der Waals surface area contributed by atoms with E-state index < -0.39 is 6.36 Å². The quantitative estimate of drug-likeness (QED) is 0.864. The molecule has 0 unspecified atom stereocenters. The monoisotopic (exact) mass is 372 g/mol. The van der Waals surface area contributed by atoms with Gasteiger partial charge in [-0.2, -0.15) is 0 Å². The maximum absolute atomic E-state index is 12.2. The van der Waals surface area contributed by atoms with Gasteiger partial charge in [0.25, 0.3) is 5.91 Å². The molecule has 1 atom stereocenters. The Balaban J connectivity index is 1.41. The molecule has 0 aliphatic carbocycles. The van der Waals surface area contributed by atoms with Crippen molar-refractivity contribution in [2.75, 3.05) is 32.8 Å². The van der Waals surface area contributed by atoms with Crippen LogP contribution in [0.5, 0.6) is 5.75 Å². The molecule has 2 saturated heterocycles. The maximum Gasteiger partial charge on any atom is 0.573 e. The highest BCUT2D eigenvalue weighted by molar-refractivity contribution is 5.94. The second-order valence-corrected chi connectivity index (χ2v) is 6.78. The first-order valence-corrected chi connectivity index (χ1v) is 8.86. The summed E-state index contributed by atoms with van der Waals surface area (Å²) in [7, 11) is 0. The second-order valence-electron chi connectivity index (χ2n) is 6.78. The number of ether oxygens (including phenoxy) is 2. The number of carbonyl (C=O) groups is 1. The SMILES string of the molecule is O=C(NCC1CCN([C@@H]2CCOC2)CC1)c1ccc(OC(F)(F)F)cc1. The third-order valence-corrected chi connectivity index (χ3v) is 4.97. The number of benzene rings is 1. The number of nitrogens with zero attached hydrogens (tertiary/aromatic N) is 1. The summed E-state index contributed by atoms with van der Waals surface area (Å²) in [4.78, 5) is 14.6. The van der Waals surface area contributed by atoms with E-state index in [-0.39, 0.29) is 11.7 Å². The van der Waals surface area contributed by atoms with Gasteiger partial charge in [0.05, 0.1) is 6.61 Å². The summed E-state index contributed by atoms with van der Waals surface area (Å²) in [5, 5.41) is 2.88. The molecule has 1 aromatic rings. The molecule has 2 heterocycles. The molecule has 1 aromatic carbocycles. The number of rotatable bonds is 5. The molecule has 2 aliphatic heterocycles. The molecule has 0 spiro atoms. The van der Waals surface area contributed by atoms with Crippen molar-refractivity contribution >= 4 is 5.91 Å². The van der Waals surface area contributed by atoms with Gasteiger partial charge in [-0.3, -0.25) is 9.69 Å². The van der Waals surface area contributed by atoms with Crippen molar-refractivity contribution in [1.29, 1.82) is 0 Å². The number of hydrogen-bond acceptors (Lipinski definition) is 4. The third kappa shape index (κ3) is 5.35. The van der Waals surface area contributed by atoms with Gasteiger partial charge in [-0.05, 0) is 62.5 Å². The number of amides is 1. The van der Waals surface area contributed by atoms with Crippen molar-refractivity contribution in [3.05, 3.63) is 29.8 Å². The molecule has 1 N–H and O–H groups in total. The molecule has 5 nitrogen and oxygen atoms in total. The van der Waals surface area contributed by atoms with Crippen molar-refractivity contribution in [1.82, 2.24) is 10.2 Å². The Bertz CT molecular complexity index is 593. The molecule has 0 aromatic heterocycles. The lowest BCUT2D eigenvalue weighted by atomic mass is 9.95. The van der Waals surface area contributed by atoms with Crippen LogP contribution in [0.4, 0.5) is 13.2 Å². The zero-order valence-electron chi connectivity index (χ0n) is 14.4. The lowest BCUT2D eigenvalue weighted by Crippen LogP contribution is -2.43. The number of hydrogen-bond donors (Lipinski definition) is 1. The number of alkyl halides is 3. The Morgan fingerprint density at radius 3 is 2.46 bits per heavy atom. The molecule has 26 heavy (non-hydrogen) atoms. The minimum Gasteiger partial charge on any atom is -0.406 e. The average molecular weight is 372 g/mol. The normalized spacial score (nSPS) is 22.3. The zero-order chi connectivity index (χ0) is 18.6. The predicted octanol–water partition coefficient (Wildman–Crippen LogP) is 2.82. The standard InChI is InChI=1S/C18H23F3N2O3/c19-18(20,21)26-16-3-1-14(2-4-16)17(24)22-11-13-5-8-23(9-6-13)15-7-10-25-12-15/h1-4,13,15H,5-12H2,(H,22,24)/t15-/m1/s1. The molecule has 8 heteroatoms. The van der Waals surface area contributed by atoms with Gasteiger partial charge in [-0.25, -0.2) is 0 Å². The van der Waals surface area contributed by atoms with Crippen molar-refractivity contribution in [3.63, 3.8) is 0 Å². The van der Waals surface area contributed by atoms with E-state index in [1.807, 2.05) is 0 Å². The van der Waals surface area contributed by atoms with Gasteiger partial charge in [0.2, 0.25) is 0 Å². The number of nitrogens with one attached hydrogen (secondary N) is 1. The second kappa shape index (κ2) is 8.26. The van der Waals surface area contributed by atoms with Crippen LogP contribution in [0.2, 0.25) is 0 Å². The van der Waals surface area contributed by atoms with Crippen LogP contribution in [0.3, 0.4) is 0 Å². The van der Waals surface area contributed by atoms with Gasteiger partial charge < -0.3 is 14.8 Å². The van der Waals surface area contributed by atoms with E-state index in [4.69, 9.17) is 4.74 Å². The van der Waals surface area contributed by atoms with Crippen molar-refractivity contribution in [3.8, 4) is 5.75 Å². The highest BCUT2D eigenvalue weighted by atomic mass is 19.4. The lowest BCUT2D eigenvalue weighted by molar-refractivity contribution is -0.274. The summed E-state index contributed by atoms with van der Waals surface area (Å²) < 4.78 is 45.7. The Morgan fingerprint density at radius 1 is 1.19 bits per heavy atom. The van der Waals surface area contributed by atoms with Gasteiger partial charge in [0.1, 0.15) is 5.75 Å². The molecule has 0 radical (unpaired) electrons. The van der Waals surface area contributed by atoms with E-state index in [2.05, 4.69) is 15.0 Å². The fourth-order valence-corrected chi connectivity index (χ4v) is 3.48. The minimum absolute atomic E-state index is 0.282. The molecule has 0 bridgehead atoms. The molecule has 3 rings (SSSR count). The van der Waals surface area contributed by atoms with Crippen LogP contribution in [0.15, 0.2) is 24.3 Å². The van der Waals surface area contributed by atoms with Crippen molar-refractivity contribution in [2.24, 2.45) is 5.92 Å². The van der Waals surface area contributed by atoms with Crippen molar-refractivity contribution in [2.45, 2.75) is 31.7 Å². The first kappa shape index (κ1) is 19.0. The van der Waals surface area contributed by atoms with E-state index in [0.29, 0.717) is 24.1 Å². The highest BCUT2D eigenvalue weighted by Gasteiger charge is 2.31. The smallest absolute Gasteiger partial charge is 0.406 e. The van der Waals surface area contributed by atoms with Crippen LogP contribution in [0, 0.1) is 5.92 Å². The van der Waals surface area contributed by atoms with E-state index in [9.17, 15) is 18.0 Å². The Labute approximate surface area is 150 Å². The van der Waals surface area contributed by atoms with Crippen LogP contribution < -0.4 is 10.1 Å². The molecule has 144 valence electrons. The molecular weight excluding hydrogens is 349 g/mol. The average Bonchev–Trinajstić information content (AvgIpc) is 3.14. The van der Waals surface area contributed by atoms with Crippen molar-refractivity contribution < 1.29 is 27.4 Å². The lowest BCUT2D eigenvalue weighted by Gasteiger charge is -2.35. The Morgan fingerprint density at radius 2 is 1.88 bits per heavy atom. The fraction of sp³-hybridized carbons (Fsp3) is 0.611. The van der Waals surface area contributed by atoms with E-state index >= 15 is 0 Å². The van der Waals surface area contributed by atoms with Crippen LogP contribution in [0.25, 0.3) is 0 Å². The Hall–Kier alpha value is -1.80. The van der Waals surface area contributed by atoms with E-state index in [1.54, 1.807) is 0 Å². The molecule has 2 fully saturated rings. The van der Waals surface area contributed by atoms with Gasteiger partial charge >= 0.3 is 6.36 Å². The van der Waals surface area contributed by atoms with Crippen LogP contribution in [0.1, 0.15) is 29.6 Å². The first-order chi connectivity index (χ1) is 12.4. The predicted molar refractivity (Wildman–Crippen MR) is 89.0 cm³/mol. The largest absolute Gasteiger partial charge is 0.573 e. The fourth-order valence-electron chi connectivity index (χ4n) is 3.48. The number of piperidine rings is 1. The topological polar surface area (TPSA) is 50.8 Å². The zero-order valence-corrected chi connectivity index (χ0v) is 14.4.